The van der Waals surface area contributed by atoms with Gasteiger partial charge in [0.25, 0.3) is 0 Å². The molecule has 0 amide bonds. The van der Waals surface area contributed by atoms with Gasteiger partial charge in [-0.1, -0.05) is 91.2 Å². The highest BCUT2D eigenvalue weighted by atomic mass is 32.1. The molecule has 7 heteroatoms. The van der Waals surface area contributed by atoms with Crippen LogP contribution in [-0.2, 0) is 13.0 Å². The molecule has 0 saturated heterocycles. The van der Waals surface area contributed by atoms with Crippen LogP contribution in [0.4, 0.5) is 13.2 Å². The predicted molar refractivity (Wildman–Crippen MR) is 119 cm³/mol. The second-order valence-corrected chi connectivity index (χ2v) is 7.30. The van der Waals surface area contributed by atoms with E-state index >= 15 is 0 Å². The van der Waals surface area contributed by atoms with E-state index in [4.69, 9.17) is 12.2 Å². The van der Waals surface area contributed by atoms with Gasteiger partial charge >= 0.3 is 6.18 Å². The number of hydrogen-bond donors (Lipinski definition) is 2. The quantitative estimate of drug-likeness (QED) is 0.515. The molecule has 29 heavy (non-hydrogen) atoms. The van der Waals surface area contributed by atoms with Crippen LogP contribution < -0.4 is 10.6 Å². The summed E-state index contributed by atoms with van der Waals surface area (Å²) in [5.41, 5.74) is 2.80. The zero-order valence-electron chi connectivity index (χ0n) is 15.4. The fraction of sp³-hybridized carbons (Fsp3) is 0.182. The van der Waals surface area contributed by atoms with E-state index in [1.165, 1.54) is 0 Å². The fourth-order valence-corrected chi connectivity index (χ4v) is 3.46. The Morgan fingerprint density at radius 1 is 0.828 bits per heavy atom. The van der Waals surface area contributed by atoms with Crippen molar-refractivity contribution in [3.8, 4) is 0 Å². The van der Waals surface area contributed by atoms with E-state index in [0.717, 1.165) is 27.5 Å². The number of benzene rings is 3. The Labute approximate surface area is 178 Å². The van der Waals surface area contributed by atoms with Gasteiger partial charge in [-0.2, -0.15) is 13.2 Å². The van der Waals surface area contributed by atoms with Crippen LogP contribution >= 0.6 is 24.4 Å². The molecule has 0 aliphatic rings. The summed E-state index contributed by atoms with van der Waals surface area (Å²) in [6, 6.07) is 21.5. The van der Waals surface area contributed by atoms with Crippen LogP contribution in [0.5, 0.6) is 0 Å². The minimum atomic E-state index is -4.52. The predicted octanol–water partition coefficient (Wildman–Crippen LogP) is 5.33. The first kappa shape index (κ1) is 21.2. The average Bonchev–Trinajstić information content (AvgIpc) is 2.72. The van der Waals surface area contributed by atoms with Crippen molar-refractivity contribution in [1.29, 1.82) is 0 Å². The van der Waals surface area contributed by atoms with Crippen molar-refractivity contribution in [3.05, 3.63) is 83.4 Å². The molecule has 3 aromatic carbocycles. The number of nitrogens with one attached hydrogen (secondary N) is 2. The Balaban J connectivity index is 1.81. The van der Waals surface area contributed by atoms with Gasteiger partial charge in [0.05, 0.1) is 0 Å². The van der Waals surface area contributed by atoms with E-state index in [2.05, 4.69) is 22.9 Å². The van der Waals surface area contributed by atoms with Gasteiger partial charge in [0.2, 0.25) is 0 Å². The lowest BCUT2D eigenvalue weighted by Gasteiger charge is -2.17. The minimum Gasteiger partial charge on any atom is -0.372 e. The number of fused-ring (bicyclic) bond motifs is 1. The highest BCUT2D eigenvalue weighted by Crippen LogP contribution is 2.24. The third-order valence-electron chi connectivity index (χ3n) is 4.50. The van der Waals surface area contributed by atoms with Gasteiger partial charge in [0, 0.05) is 18.7 Å². The van der Waals surface area contributed by atoms with Gasteiger partial charge in [-0.05, 0) is 28.3 Å². The van der Waals surface area contributed by atoms with Crippen LogP contribution in [0.25, 0.3) is 10.8 Å². The summed E-state index contributed by atoms with van der Waals surface area (Å²) in [7, 11) is 0. The summed E-state index contributed by atoms with van der Waals surface area (Å²) in [5.74, 6) is 0. The van der Waals surface area contributed by atoms with Gasteiger partial charge in [-0.25, -0.2) is 0 Å². The standard InChI is InChI=1S/C22H19F3N2S2/c23-22(24,25)21(29)26-13-12-18-17-9-5-4-8-16(17)10-11-19(18)20(28)27-14-15-6-2-1-3-7-15/h1-11H,12-14H2,(H,26,29)(H,27,28). The molecular weight excluding hydrogens is 413 g/mol. The lowest BCUT2D eigenvalue weighted by molar-refractivity contribution is -0.0591. The van der Waals surface area contributed by atoms with Crippen molar-refractivity contribution in [2.45, 2.75) is 19.1 Å². The lowest BCUT2D eigenvalue weighted by atomic mass is 9.96. The summed E-state index contributed by atoms with van der Waals surface area (Å²) in [5, 5.41) is 7.53. The topological polar surface area (TPSA) is 24.1 Å². The molecular formula is C22H19F3N2S2. The number of halogens is 3. The maximum atomic E-state index is 12.7. The summed E-state index contributed by atoms with van der Waals surface area (Å²) < 4.78 is 38.0. The molecule has 0 aromatic heterocycles. The molecule has 0 fully saturated rings. The molecule has 0 spiro atoms. The van der Waals surface area contributed by atoms with E-state index in [9.17, 15) is 13.2 Å². The van der Waals surface area contributed by atoms with Gasteiger partial charge in [0.15, 0.2) is 4.99 Å². The molecule has 0 heterocycles. The largest absolute Gasteiger partial charge is 0.441 e. The average molecular weight is 433 g/mol. The van der Waals surface area contributed by atoms with Crippen molar-refractivity contribution in [2.75, 3.05) is 6.54 Å². The minimum absolute atomic E-state index is 0.0701. The van der Waals surface area contributed by atoms with Crippen LogP contribution in [0.2, 0.25) is 0 Å². The molecule has 150 valence electrons. The maximum absolute atomic E-state index is 12.7. The van der Waals surface area contributed by atoms with Crippen molar-refractivity contribution < 1.29 is 13.2 Å². The SMILES string of the molecule is FC(F)(F)C(=S)NCCc1c(C(=S)NCc2ccccc2)ccc2ccccc12. The highest BCUT2D eigenvalue weighted by Gasteiger charge is 2.33. The van der Waals surface area contributed by atoms with Crippen molar-refractivity contribution >= 4 is 45.2 Å². The molecule has 3 aromatic rings. The third-order valence-corrected chi connectivity index (χ3v) is 5.24. The molecule has 0 unspecified atom stereocenters. The van der Waals surface area contributed by atoms with Crippen LogP contribution in [0.3, 0.4) is 0 Å². The van der Waals surface area contributed by atoms with E-state index in [1.54, 1.807) is 0 Å². The fourth-order valence-electron chi connectivity index (χ4n) is 3.09. The van der Waals surface area contributed by atoms with Crippen molar-refractivity contribution in [1.82, 2.24) is 10.6 Å². The molecule has 0 atom stereocenters. The smallest absolute Gasteiger partial charge is 0.372 e. The Morgan fingerprint density at radius 3 is 2.24 bits per heavy atom. The molecule has 3 rings (SSSR count). The highest BCUT2D eigenvalue weighted by molar-refractivity contribution is 7.80. The lowest BCUT2D eigenvalue weighted by Crippen LogP contribution is -2.36. The molecule has 2 nitrogen and oxygen atoms in total. The second-order valence-electron chi connectivity index (χ2n) is 6.48. The summed E-state index contributed by atoms with van der Waals surface area (Å²) in [4.78, 5) is -0.544. The Morgan fingerprint density at radius 2 is 1.52 bits per heavy atom. The Bertz CT molecular complexity index is 1020. The van der Waals surface area contributed by atoms with E-state index in [1.807, 2.05) is 66.7 Å². The first-order valence-corrected chi connectivity index (χ1v) is 9.85. The first-order valence-electron chi connectivity index (χ1n) is 9.04. The van der Waals surface area contributed by atoms with Crippen LogP contribution in [0.1, 0.15) is 16.7 Å². The van der Waals surface area contributed by atoms with Crippen molar-refractivity contribution in [2.24, 2.45) is 0 Å². The molecule has 0 aliphatic heterocycles. The maximum Gasteiger partial charge on any atom is 0.441 e. The zero-order valence-corrected chi connectivity index (χ0v) is 17.1. The summed E-state index contributed by atoms with van der Waals surface area (Å²) >= 11 is 10.0. The van der Waals surface area contributed by atoms with Crippen LogP contribution in [0.15, 0.2) is 66.7 Å². The van der Waals surface area contributed by atoms with Crippen LogP contribution in [-0.4, -0.2) is 22.7 Å². The summed E-state index contributed by atoms with van der Waals surface area (Å²) in [6.45, 7) is 0.642. The number of hydrogen-bond acceptors (Lipinski definition) is 2. The Kier molecular flexibility index (Phi) is 6.82. The van der Waals surface area contributed by atoms with Gasteiger partial charge in [0.1, 0.15) is 4.99 Å². The monoisotopic (exact) mass is 432 g/mol. The first-order chi connectivity index (χ1) is 13.9. The normalized spacial score (nSPS) is 11.3. The summed E-state index contributed by atoms with van der Waals surface area (Å²) in [6.07, 6.45) is -4.16. The molecule has 0 bridgehead atoms. The molecule has 0 radical (unpaired) electrons. The zero-order chi connectivity index (χ0) is 20.9. The number of rotatable bonds is 6. The number of thiocarbonyl (C=S) groups is 2. The van der Waals surface area contributed by atoms with Gasteiger partial charge in [-0.15, -0.1) is 0 Å². The Hall–Kier alpha value is -2.51. The van der Waals surface area contributed by atoms with E-state index < -0.39 is 11.2 Å². The van der Waals surface area contributed by atoms with Gasteiger partial charge in [-0.3, -0.25) is 0 Å². The molecule has 0 saturated carbocycles. The second kappa shape index (κ2) is 9.33. The molecule has 2 N–H and O–H groups in total. The number of alkyl halides is 3. The van der Waals surface area contributed by atoms with Crippen molar-refractivity contribution in [3.63, 3.8) is 0 Å². The van der Waals surface area contributed by atoms with Crippen LogP contribution in [0, 0.1) is 0 Å². The van der Waals surface area contributed by atoms with E-state index in [-0.39, 0.29) is 6.54 Å². The van der Waals surface area contributed by atoms with Gasteiger partial charge < -0.3 is 10.6 Å². The van der Waals surface area contributed by atoms with E-state index in [0.29, 0.717) is 18.0 Å². The third kappa shape index (κ3) is 5.52. The molecule has 0 aliphatic carbocycles.